The van der Waals surface area contributed by atoms with Crippen molar-refractivity contribution in [1.82, 2.24) is 40.4 Å². The molecule has 0 saturated carbocycles. The second-order valence-electron chi connectivity index (χ2n) is 8.08. The molecule has 0 aliphatic heterocycles. The van der Waals surface area contributed by atoms with Crippen molar-refractivity contribution in [3.05, 3.63) is 79.0 Å². The minimum Gasteiger partial charge on any atom is -0.337 e. The highest BCUT2D eigenvalue weighted by molar-refractivity contribution is 5.97. The summed E-state index contributed by atoms with van der Waals surface area (Å²) in [7, 11) is 0. The molecule has 0 aliphatic carbocycles. The van der Waals surface area contributed by atoms with Gasteiger partial charge in [0.2, 0.25) is 0 Å². The Morgan fingerprint density at radius 1 is 0.912 bits per heavy atom. The van der Waals surface area contributed by atoms with Crippen LogP contribution in [0.5, 0.6) is 0 Å². The van der Waals surface area contributed by atoms with E-state index in [0.29, 0.717) is 5.82 Å². The van der Waals surface area contributed by atoms with Crippen molar-refractivity contribution in [3.63, 3.8) is 0 Å². The van der Waals surface area contributed by atoms with Crippen LogP contribution in [-0.4, -0.2) is 41.7 Å². The average molecular weight is 447 g/mol. The highest BCUT2D eigenvalue weighted by atomic mass is 15.1. The number of aromatic amines is 2. The number of hydrogen-bond acceptors (Lipinski definition) is 6. The first kappa shape index (κ1) is 20.2. The lowest BCUT2D eigenvalue weighted by molar-refractivity contribution is 0.724. The summed E-state index contributed by atoms with van der Waals surface area (Å²) >= 11 is 0. The molecule has 8 nitrogen and oxygen atoms in total. The third-order valence-electron chi connectivity index (χ3n) is 5.83. The van der Waals surface area contributed by atoms with Crippen LogP contribution in [0.15, 0.2) is 73.4 Å². The molecule has 6 rings (SSSR count). The predicted octanol–water partition coefficient (Wildman–Crippen LogP) is 4.73. The van der Waals surface area contributed by atoms with Crippen molar-refractivity contribution >= 4 is 21.9 Å². The zero-order chi connectivity index (χ0) is 22.9. The number of para-hydroxylation sites is 1. The molecule has 0 saturated heterocycles. The van der Waals surface area contributed by atoms with Crippen molar-refractivity contribution in [1.29, 1.82) is 0 Å². The van der Waals surface area contributed by atoms with Gasteiger partial charge in [0.1, 0.15) is 5.69 Å². The standard InChI is InChI=1S/C26H22N8/c1-2-27-11-16-9-18(14-29-12-16)22-10-20-23(15-30-22)33-34-25(20)26-31-21-7-3-6-19(24(21)32-26)17-5-4-8-28-13-17/h3-10,12-15,27H,2,11H2,1H3,(H,31,32)(H,33,34). The maximum atomic E-state index is 4.93. The fourth-order valence-corrected chi connectivity index (χ4v) is 4.15. The summed E-state index contributed by atoms with van der Waals surface area (Å²) in [4.78, 5) is 21.7. The van der Waals surface area contributed by atoms with E-state index in [1.165, 1.54) is 0 Å². The first-order valence-electron chi connectivity index (χ1n) is 11.2. The van der Waals surface area contributed by atoms with Gasteiger partial charge in [-0.2, -0.15) is 5.10 Å². The van der Waals surface area contributed by atoms with Crippen LogP contribution in [0.25, 0.3) is 55.8 Å². The van der Waals surface area contributed by atoms with Crippen LogP contribution in [-0.2, 0) is 6.54 Å². The van der Waals surface area contributed by atoms with Crippen LogP contribution in [0.2, 0.25) is 0 Å². The van der Waals surface area contributed by atoms with Gasteiger partial charge in [-0.05, 0) is 36.4 Å². The van der Waals surface area contributed by atoms with Crippen molar-refractivity contribution < 1.29 is 0 Å². The van der Waals surface area contributed by atoms with Crippen molar-refractivity contribution in [2.75, 3.05) is 6.54 Å². The summed E-state index contributed by atoms with van der Waals surface area (Å²) in [6.07, 6.45) is 9.14. The van der Waals surface area contributed by atoms with Crippen LogP contribution in [0.3, 0.4) is 0 Å². The molecule has 0 spiro atoms. The van der Waals surface area contributed by atoms with Crippen molar-refractivity contribution in [3.8, 4) is 33.9 Å². The number of fused-ring (bicyclic) bond motifs is 2. The maximum absolute atomic E-state index is 4.93. The monoisotopic (exact) mass is 446 g/mol. The SMILES string of the molecule is CCNCc1cncc(-c2cc3c(-c4nc5c(-c6cccnc6)cccc5[nH]4)n[nH]c3cn2)c1. The van der Waals surface area contributed by atoms with Gasteiger partial charge in [0, 0.05) is 53.4 Å². The molecule has 5 heterocycles. The summed E-state index contributed by atoms with van der Waals surface area (Å²) in [6.45, 7) is 3.77. The normalized spacial score (nSPS) is 11.4. The van der Waals surface area contributed by atoms with Gasteiger partial charge in [-0.25, -0.2) is 4.98 Å². The lowest BCUT2D eigenvalue weighted by Crippen LogP contribution is -2.11. The molecule has 5 aromatic heterocycles. The van der Waals surface area contributed by atoms with Crippen molar-refractivity contribution in [2.24, 2.45) is 0 Å². The number of aromatic nitrogens is 7. The van der Waals surface area contributed by atoms with Gasteiger partial charge in [-0.15, -0.1) is 0 Å². The molecule has 166 valence electrons. The molecular weight excluding hydrogens is 424 g/mol. The number of pyridine rings is 3. The zero-order valence-corrected chi connectivity index (χ0v) is 18.6. The van der Waals surface area contributed by atoms with E-state index in [-0.39, 0.29) is 0 Å². The van der Waals surface area contributed by atoms with Crippen LogP contribution >= 0.6 is 0 Å². The fraction of sp³-hybridized carbons (Fsp3) is 0.115. The Bertz CT molecular complexity index is 1600. The van der Waals surface area contributed by atoms with Gasteiger partial charge >= 0.3 is 0 Å². The first-order chi connectivity index (χ1) is 16.8. The lowest BCUT2D eigenvalue weighted by atomic mass is 10.1. The Kier molecular flexibility index (Phi) is 5.04. The van der Waals surface area contributed by atoms with E-state index in [4.69, 9.17) is 4.98 Å². The summed E-state index contributed by atoms with van der Waals surface area (Å²) in [6, 6.07) is 14.2. The second-order valence-corrected chi connectivity index (χ2v) is 8.08. The molecule has 0 radical (unpaired) electrons. The molecule has 0 aliphatic rings. The second kappa shape index (κ2) is 8.49. The molecule has 34 heavy (non-hydrogen) atoms. The third-order valence-corrected chi connectivity index (χ3v) is 5.83. The van der Waals surface area contributed by atoms with E-state index in [0.717, 1.165) is 68.7 Å². The van der Waals surface area contributed by atoms with E-state index < -0.39 is 0 Å². The quantitative estimate of drug-likeness (QED) is 0.341. The molecule has 6 aromatic rings. The smallest absolute Gasteiger partial charge is 0.159 e. The summed E-state index contributed by atoms with van der Waals surface area (Å²) < 4.78 is 0. The number of H-pyrrole nitrogens is 2. The van der Waals surface area contributed by atoms with E-state index in [1.54, 1.807) is 6.20 Å². The number of benzene rings is 1. The molecule has 0 atom stereocenters. The molecule has 3 N–H and O–H groups in total. The molecular formula is C26H22N8. The van der Waals surface area contributed by atoms with E-state index >= 15 is 0 Å². The summed E-state index contributed by atoms with van der Waals surface area (Å²) in [5.41, 5.74) is 8.41. The molecule has 0 fully saturated rings. The molecule has 1 aromatic carbocycles. The minimum absolute atomic E-state index is 0.703. The number of hydrogen-bond donors (Lipinski definition) is 3. The van der Waals surface area contributed by atoms with Gasteiger partial charge < -0.3 is 10.3 Å². The number of nitrogens with one attached hydrogen (secondary N) is 3. The van der Waals surface area contributed by atoms with Gasteiger partial charge in [0.15, 0.2) is 5.82 Å². The maximum Gasteiger partial charge on any atom is 0.159 e. The number of rotatable bonds is 6. The van der Waals surface area contributed by atoms with Crippen molar-refractivity contribution in [2.45, 2.75) is 13.5 Å². The largest absolute Gasteiger partial charge is 0.337 e. The van der Waals surface area contributed by atoms with E-state index in [9.17, 15) is 0 Å². The van der Waals surface area contributed by atoms with Crippen LogP contribution < -0.4 is 5.32 Å². The van der Waals surface area contributed by atoms with Gasteiger partial charge in [-0.3, -0.25) is 20.1 Å². The van der Waals surface area contributed by atoms with Gasteiger partial charge in [0.25, 0.3) is 0 Å². The first-order valence-corrected chi connectivity index (χ1v) is 11.2. The minimum atomic E-state index is 0.703. The Labute approximate surface area is 195 Å². The highest BCUT2D eigenvalue weighted by Gasteiger charge is 2.16. The summed E-state index contributed by atoms with van der Waals surface area (Å²) in [5, 5.41) is 11.9. The van der Waals surface area contributed by atoms with Gasteiger partial charge in [0.05, 0.1) is 28.4 Å². The predicted molar refractivity (Wildman–Crippen MR) is 133 cm³/mol. The topological polar surface area (TPSA) is 108 Å². The highest BCUT2D eigenvalue weighted by Crippen LogP contribution is 2.32. The molecule has 0 unspecified atom stereocenters. The fourth-order valence-electron chi connectivity index (χ4n) is 4.15. The van der Waals surface area contributed by atoms with E-state index in [1.807, 2.05) is 55.1 Å². The zero-order valence-electron chi connectivity index (χ0n) is 18.6. The molecule has 0 amide bonds. The third kappa shape index (κ3) is 3.60. The van der Waals surface area contributed by atoms with Gasteiger partial charge in [-0.1, -0.05) is 25.1 Å². The van der Waals surface area contributed by atoms with Crippen LogP contribution in [0, 0.1) is 0 Å². The molecule has 0 bridgehead atoms. The Hall–Kier alpha value is -4.43. The van der Waals surface area contributed by atoms with Crippen LogP contribution in [0.1, 0.15) is 12.5 Å². The van der Waals surface area contributed by atoms with Crippen LogP contribution in [0.4, 0.5) is 0 Å². The number of imidazole rings is 1. The number of nitrogens with zero attached hydrogens (tertiary/aromatic N) is 5. The Balaban J connectivity index is 1.44. The Morgan fingerprint density at radius 2 is 1.85 bits per heavy atom. The average Bonchev–Trinajstić information content (AvgIpc) is 3.51. The summed E-state index contributed by atoms with van der Waals surface area (Å²) in [5.74, 6) is 0.703. The lowest BCUT2D eigenvalue weighted by Gasteiger charge is -2.05. The Morgan fingerprint density at radius 3 is 2.74 bits per heavy atom. The van der Waals surface area contributed by atoms with E-state index in [2.05, 4.69) is 54.5 Å². The molecule has 8 heteroatoms.